The minimum Gasteiger partial charge on any atom is -0.441 e. The maximum atomic E-state index is 5.43. The van der Waals surface area contributed by atoms with Crippen LogP contribution in [-0.2, 0) is 6.54 Å². The lowest BCUT2D eigenvalue weighted by Crippen LogP contribution is -1.96. The number of anilines is 1. The lowest BCUT2D eigenvalue weighted by Gasteiger charge is -2.03. The van der Waals surface area contributed by atoms with Crippen LogP contribution in [-0.4, -0.2) is 9.97 Å². The number of oxazole rings is 1. The molecule has 1 N–H and O–H groups in total. The van der Waals surface area contributed by atoms with E-state index >= 15 is 0 Å². The van der Waals surface area contributed by atoms with E-state index in [1.165, 1.54) is 4.88 Å². The third kappa shape index (κ3) is 2.14. The third-order valence-electron chi connectivity index (χ3n) is 2.44. The van der Waals surface area contributed by atoms with Crippen LogP contribution in [0.25, 0.3) is 11.1 Å². The van der Waals surface area contributed by atoms with E-state index in [0.717, 1.165) is 23.3 Å². The Hall–Kier alpha value is -1.88. The molecule has 3 aromatic rings. The summed E-state index contributed by atoms with van der Waals surface area (Å²) in [7, 11) is 0. The molecule has 0 aliphatic carbocycles. The van der Waals surface area contributed by atoms with Gasteiger partial charge >= 0.3 is 0 Å². The summed E-state index contributed by atoms with van der Waals surface area (Å²) >= 11 is 1.64. The van der Waals surface area contributed by atoms with Gasteiger partial charge in [0.1, 0.15) is 5.52 Å². The number of nitrogens with one attached hydrogen (secondary N) is 1. The number of rotatable bonds is 3. The maximum Gasteiger partial charge on any atom is 0.192 e. The number of aryl methyl sites for hydroxylation is 1. The molecule has 0 unspecified atom stereocenters. The second kappa shape index (κ2) is 4.18. The van der Waals surface area contributed by atoms with E-state index < -0.39 is 0 Å². The first-order valence-electron chi connectivity index (χ1n) is 5.30. The van der Waals surface area contributed by atoms with Crippen molar-refractivity contribution in [2.24, 2.45) is 0 Å². The SMILES string of the molecule is Cc1nc2cc(NCc3cncs3)ccc2o1. The molecular formula is C12H11N3OS. The Morgan fingerprint density at radius 1 is 1.41 bits per heavy atom. The average molecular weight is 245 g/mol. The molecule has 0 radical (unpaired) electrons. The highest BCUT2D eigenvalue weighted by molar-refractivity contribution is 7.09. The van der Waals surface area contributed by atoms with Gasteiger partial charge in [-0.05, 0) is 18.2 Å². The van der Waals surface area contributed by atoms with Crippen molar-refractivity contribution in [1.29, 1.82) is 0 Å². The van der Waals surface area contributed by atoms with Gasteiger partial charge in [-0.25, -0.2) is 4.98 Å². The fourth-order valence-electron chi connectivity index (χ4n) is 1.67. The normalized spacial score (nSPS) is 10.9. The predicted molar refractivity (Wildman–Crippen MR) is 68.2 cm³/mol. The Morgan fingerprint density at radius 2 is 2.35 bits per heavy atom. The van der Waals surface area contributed by atoms with Gasteiger partial charge in [-0.15, -0.1) is 11.3 Å². The summed E-state index contributed by atoms with van der Waals surface area (Å²) in [5, 5.41) is 3.34. The number of benzene rings is 1. The molecule has 0 aliphatic rings. The summed E-state index contributed by atoms with van der Waals surface area (Å²) in [6, 6.07) is 5.92. The minimum absolute atomic E-state index is 0.694. The minimum atomic E-state index is 0.694. The molecule has 2 aromatic heterocycles. The van der Waals surface area contributed by atoms with Crippen LogP contribution in [0.5, 0.6) is 0 Å². The Kier molecular flexibility index (Phi) is 2.53. The van der Waals surface area contributed by atoms with Crippen molar-refractivity contribution in [1.82, 2.24) is 9.97 Å². The standard InChI is InChI=1S/C12H11N3OS/c1-8-15-11-4-9(2-3-12(11)16-8)14-6-10-5-13-7-17-10/h2-5,7,14H,6H2,1H3. The second-order valence-electron chi connectivity index (χ2n) is 3.74. The molecule has 86 valence electrons. The molecule has 0 amide bonds. The number of nitrogens with zero attached hydrogens (tertiary/aromatic N) is 2. The molecule has 0 spiro atoms. The quantitative estimate of drug-likeness (QED) is 0.769. The molecule has 3 rings (SSSR count). The van der Waals surface area contributed by atoms with E-state index in [9.17, 15) is 0 Å². The van der Waals surface area contributed by atoms with E-state index in [4.69, 9.17) is 4.42 Å². The number of thiazole rings is 1. The van der Waals surface area contributed by atoms with Crippen molar-refractivity contribution in [2.75, 3.05) is 5.32 Å². The second-order valence-corrected chi connectivity index (χ2v) is 4.71. The topological polar surface area (TPSA) is 51.0 Å². The lowest BCUT2D eigenvalue weighted by molar-refractivity contribution is 0.561. The molecule has 5 heteroatoms. The monoisotopic (exact) mass is 245 g/mol. The number of hydrogen-bond acceptors (Lipinski definition) is 5. The number of hydrogen-bond donors (Lipinski definition) is 1. The Balaban J connectivity index is 1.81. The van der Waals surface area contributed by atoms with Crippen molar-refractivity contribution in [3.05, 3.63) is 40.7 Å². The van der Waals surface area contributed by atoms with Crippen LogP contribution in [0.2, 0.25) is 0 Å². The van der Waals surface area contributed by atoms with Gasteiger partial charge in [0.2, 0.25) is 0 Å². The van der Waals surface area contributed by atoms with E-state index in [-0.39, 0.29) is 0 Å². The van der Waals surface area contributed by atoms with Crippen molar-refractivity contribution >= 4 is 28.1 Å². The van der Waals surface area contributed by atoms with Crippen LogP contribution < -0.4 is 5.32 Å². The molecule has 0 saturated carbocycles. The van der Waals surface area contributed by atoms with Gasteiger partial charge in [-0.1, -0.05) is 0 Å². The smallest absolute Gasteiger partial charge is 0.192 e. The zero-order valence-corrected chi connectivity index (χ0v) is 10.1. The van der Waals surface area contributed by atoms with Gasteiger partial charge in [0, 0.05) is 23.7 Å². The summed E-state index contributed by atoms with van der Waals surface area (Å²) in [6.07, 6.45) is 1.87. The van der Waals surface area contributed by atoms with Crippen LogP contribution in [0.1, 0.15) is 10.8 Å². The molecule has 4 nitrogen and oxygen atoms in total. The van der Waals surface area contributed by atoms with Crippen molar-refractivity contribution in [3.8, 4) is 0 Å². The van der Waals surface area contributed by atoms with E-state index in [2.05, 4.69) is 15.3 Å². The molecule has 1 aromatic carbocycles. The first-order valence-corrected chi connectivity index (χ1v) is 6.18. The summed E-state index contributed by atoms with van der Waals surface area (Å²) in [6.45, 7) is 2.64. The fraction of sp³-hybridized carbons (Fsp3) is 0.167. The lowest BCUT2D eigenvalue weighted by atomic mass is 10.3. The molecule has 0 aliphatic heterocycles. The number of fused-ring (bicyclic) bond motifs is 1. The zero-order valence-electron chi connectivity index (χ0n) is 9.30. The van der Waals surface area contributed by atoms with Gasteiger partial charge in [0.05, 0.1) is 12.1 Å². The van der Waals surface area contributed by atoms with Gasteiger partial charge in [0.25, 0.3) is 0 Å². The molecule has 2 heterocycles. The Bertz CT molecular complexity index is 630. The van der Waals surface area contributed by atoms with Gasteiger partial charge in [-0.2, -0.15) is 0 Å². The molecular weight excluding hydrogens is 234 g/mol. The van der Waals surface area contributed by atoms with Crippen molar-refractivity contribution in [2.45, 2.75) is 13.5 Å². The molecule has 0 bridgehead atoms. The fourth-order valence-corrected chi connectivity index (χ4v) is 2.21. The Morgan fingerprint density at radius 3 is 3.18 bits per heavy atom. The van der Waals surface area contributed by atoms with Crippen LogP contribution >= 0.6 is 11.3 Å². The zero-order chi connectivity index (χ0) is 11.7. The van der Waals surface area contributed by atoms with Crippen LogP contribution in [0.3, 0.4) is 0 Å². The summed E-state index contributed by atoms with van der Waals surface area (Å²) in [5.74, 6) is 0.694. The van der Waals surface area contributed by atoms with Crippen LogP contribution in [0, 0.1) is 6.92 Å². The van der Waals surface area contributed by atoms with E-state index in [0.29, 0.717) is 5.89 Å². The first-order chi connectivity index (χ1) is 8.31. The van der Waals surface area contributed by atoms with E-state index in [1.54, 1.807) is 11.3 Å². The van der Waals surface area contributed by atoms with Crippen molar-refractivity contribution < 1.29 is 4.42 Å². The average Bonchev–Trinajstić information content (AvgIpc) is 2.92. The molecule has 0 atom stereocenters. The van der Waals surface area contributed by atoms with Crippen LogP contribution in [0.4, 0.5) is 5.69 Å². The highest BCUT2D eigenvalue weighted by atomic mass is 32.1. The summed E-state index contributed by atoms with van der Waals surface area (Å²) in [4.78, 5) is 9.55. The Labute approximate surface area is 102 Å². The highest BCUT2D eigenvalue weighted by Crippen LogP contribution is 2.20. The maximum absolute atomic E-state index is 5.43. The van der Waals surface area contributed by atoms with E-state index in [1.807, 2.05) is 36.8 Å². The van der Waals surface area contributed by atoms with Gasteiger partial charge in [-0.3, -0.25) is 4.98 Å². The third-order valence-corrected chi connectivity index (χ3v) is 3.22. The predicted octanol–water partition coefficient (Wildman–Crippen LogP) is 3.20. The summed E-state index contributed by atoms with van der Waals surface area (Å²) in [5.41, 5.74) is 4.59. The summed E-state index contributed by atoms with van der Waals surface area (Å²) < 4.78 is 5.43. The largest absolute Gasteiger partial charge is 0.441 e. The molecule has 0 fully saturated rings. The van der Waals surface area contributed by atoms with Gasteiger partial charge in [0.15, 0.2) is 11.5 Å². The van der Waals surface area contributed by atoms with Crippen molar-refractivity contribution in [3.63, 3.8) is 0 Å². The molecule has 17 heavy (non-hydrogen) atoms. The first kappa shape index (κ1) is 10.3. The number of aromatic nitrogens is 2. The van der Waals surface area contributed by atoms with Gasteiger partial charge < -0.3 is 9.73 Å². The molecule has 0 saturated heterocycles. The highest BCUT2D eigenvalue weighted by Gasteiger charge is 2.03. The van der Waals surface area contributed by atoms with Crippen LogP contribution in [0.15, 0.2) is 34.3 Å².